The zero-order valence-electron chi connectivity index (χ0n) is 11.7. The van der Waals surface area contributed by atoms with Crippen LogP contribution in [0.1, 0.15) is 37.7 Å². The van der Waals surface area contributed by atoms with Crippen LogP contribution in [0.15, 0.2) is 23.1 Å². The van der Waals surface area contributed by atoms with Gasteiger partial charge in [0.1, 0.15) is 11.4 Å². The highest BCUT2D eigenvalue weighted by molar-refractivity contribution is 7.89. The molecule has 1 fully saturated rings. The molecule has 21 heavy (non-hydrogen) atoms. The molecule has 5 nitrogen and oxygen atoms in total. The lowest BCUT2D eigenvalue weighted by atomic mass is 9.83. The van der Waals surface area contributed by atoms with Gasteiger partial charge in [0.2, 0.25) is 10.0 Å². The first kappa shape index (κ1) is 15.9. The second kappa shape index (κ2) is 5.73. The van der Waals surface area contributed by atoms with Crippen molar-refractivity contribution in [2.75, 3.05) is 0 Å². The molecule has 0 aromatic heterocycles. The quantitative estimate of drug-likeness (QED) is 0.892. The molecule has 1 aromatic carbocycles. The van der Waals surface area contributed by atoms with Crippen molar-refractivity contribution in [1.29, 1.82) is 0 Å². The maximum absolute atomic E-state index is 13.5. The molecule has 1 aliphatic rings. The van der Waals surface area contributed by atoms with Crippen molar-refractivity contribution >= 4 is 16.0 Å². The van der Waals surface area contributed by atoms with Crippen molar-refractivity contribution in [1.82, 2.24) is 4.72 Å². The first-order chi connectivity index (χ1) is 9.77. The second-order valence-corrected chi connectivity index (χ2v) is 7.15. The third-order valence-corrected chi connectivity index (χ3v) is 5.43. The number of hydrogen-bond acceptors (Lipinski definition) is 3. The Bertz CT molecular complexity index is 651. The summed E-state index contributed by atoms with van der Waals surface area (Å²) in [4.78, 5) is 11.3. The summed E-state index contributed by atoms with van der Waals surface area (Å²) in [6, 6.07) is 3.55. The van der Waals surface area contributed by atoms with Gasteiger partial charge in [0.15, 0.2) is 0 Å². The van der Waals surface area contributed by atoms with Gasteiger partial charge in [-0.2, -0.15) is 4.72 Å². The summed E-state index contributed by atoms with van der Waals surface area (Å²) in [6.07, 6.45) is 2.68. The average molecular weight is 315 g/mol. The van der Waals surface area contributed by atoms with E-state index < -0.39 is 27.3 Å². The van der Waals surface area contributed by atoms with Gasteiger partial charge >= 0.3 is 5.97 Å². The SMILES string of the molecule is Cc1ccc(S(=O)(=O)NC2(C(=O)O)CCCCC2)cc1F. The van der Waals surface area contributed by atoms with Crippen molar-refractivity contribution < 1.29 is 22.7 Å². The van der Waals surface area contributed by atoms with Crippen LogP contribution in [0.3, 0.4) is 0 Å². The molecular formula is C14H18FNO4S. The van der Waals surface area contributed by atoms with Gasteiger partial charge in [-0.15, -0.1) is 0 Å². The van der Waals surface area contributed by atoms with Crippen LogP contribution in [-0.4, -0.2) is 25.0 Å². The number of halogens is 1. The van der Waals surface area contributed by atoms with Crippen LogP contribution < -0.4 is 4.72 Å². The molecule has 0 bridgehead atoms. The summed E-state index contributed by atoms with van der Waals surface area (Å²) >= 11 is 0. The van der Waals surface area contributed by atoms with E-state index in [-0.39, 0.29) is 17.7 Å². The first-order valence-electron chi connectivity index (χ1n) is 6.80. The Kier molecular flexibility index (Phi) is 4.34. The van der Waals surface area contributed by atoms with E-state index in [1.54, 1.807) is 0 Å². The standard InChI is InChI=1S/C14H18FNO4S/c1-10-5-6-11(9-12(10)15)21(19,20)16-14(13(17)18)7-3-2-4-8-14/h5-6,9,16H,2-4,7-8H2,1H3,(H,17,18). The summed E-state index contributed by atoms with van der Waals surface area (Å²) in [6.45, 7) is 1.53. The Morgan fingerprint density at radius 1 is 1.29 bits per heavy atom. The van der Waals surface area contributed by atoms with Gasteiger partial charge in [-0.25, -0.2) is 12.8 Å². The number of carbonyl (C=O) groups is 1. The third kappa shape index (κ3) is 3.24. The number of aliphatic carboxylic acids is 1. The summed E-state index contributed by atoms with van der Waals surface area (Å²) in [7, 11) is -4.07. The fourth-order valence-corrected chi connectivity index (χ4v) is 4.00. The Morgan fingerprint density at radius 2 is 1.90 bits per heavy atom. The average Bonchev–Trinajstić information content (AvgIpc) is 2.42. The van der Waals surface area contributed by atoms with Gasteiger partial charge in [-0.1, -0.05) is 25.3 Å². The van der Waals surface area contributed by atoms with E-state index in [2.05, 4.69) is 4.72 Å². The molecule has 0 amide bonds. The molecule has 2 N–H and O–H groups in total. The number of aryl methyl sites for hydroxylation is 1. The van der Waals surface area contributed by atoms with E-state index in [0.717, 1.165) is 12.5 Å². The zero-order chi connectivity index (χ0) is 15.7. The predicted molar refractivity (Wildman–Crippen MR) is 74.9 cm³/mol. The molecular weight excluding hydrogens is 297 g/mol. The van der Waals surface area contributed by atoms with E-state index in [1.807, 2.05) is 0 Å². The van der Waals surface area contributed by atoms with Crippen molar-refractivity contribution in [3.8, 4) is 0 Å². The Morgan fingerprint density at radius 3 is 2.43 bits per heavy atom. The lowest BCUT2D eigenvalue weighted by Gasteiger charge is -2.33. The number of rotatable bonds is 4. The van der Waals surface area contributed by atoms with Crippen molar-refractivity contribution in [2.45, 2.75) is 49.5 Å². The Balaban J connectivity index is 2.34. The number of hydrogen-bond donors (Lipinski definition) is 2. The summed E-state index contributed by atoms with van der Waals surface area (Å²) in [5.74, 6) is -1.82. The summed E-state index contributed by atoms with van der Waals surface area (Å²) < 4.78 is 40.5. The van der Waals surface area contributed by atoms with Gasteiger partial charge in [0, 0.05) is 0 Å². The minimum atomic E-state index is -4.07. The molecule has 0 atom stereocenters. The Hall–Kier alpha value is -1.47. The van der Waals surface area contributed by atoms with E-state index in [9.17, 15) is 22.7 Å². The summed E-state index contributed by atoms with van der Waals surface area (Å²) in [5, 5.41) is 9.40. The monoisotopic (exact) mass is 315 g/mol. The molecule has 0 spiro atoms. The van der Waals surface area contributed by atoms with Crippen molar-refractivity contribution in [2.24, 2.45) is 0 Å². The minimum absolute atomic E-state index is 0.246. The van der Waals surface area contributed by atoms with Crippen LogP contribution in [0.4, 0.5) is 4.39 Å². The predicted octanol–water partition coefficient (Wildman–Crippen LogP) is 2.20. The molecule has 2 rings (SSSR count). The van der Waals surface area contributed by atoms with Crippen LogP contribution in [0.2, 0.25) is 0 Å². The van der Waals surface area contributed by atoms with Gasteiger partial charge in [-0.05, 0) is 37.5 Å². The largest absolute Gasteiger partial charge is 0.480 e. The molecule has 0 heterocycles. The maximum atomic E-state index is 13.5. The normalized spacial score (nSPS) is 18.4. The molecule has 0 unspecified atom stereocenters. The van der Waals surface area contributed by atoms with Gasteiger partial charge in [0.05, 0.1) is 4.90 Å². The third-order valence-electron chi connectivity index (χ3n) is 3.90. The first-order valence-corrected chi connectivity index (χ1v) is 8.29. The summed E-state index contributed by atoms with van der Waals surface area (Å²) in [5.41, 5.74) is -1.15. The highest BCUT2D eigenvalue weighted by atomic mass is 32.2. The molecule has 0 radical (unpaired) electrons. The molecule has 7 heteroatoms. The van der Waals surface area contributed by atoms with Crippen LogP contribution >= 0.6 is 0 Å². The van der Waals surface area contributed by atoms with E-state index in [1.165, 1.54) is 19.1 Å². The number of carboxylic acids is 1. The molecule has 0 aliphatic heterocycles. The van der Waals surface area contributed by atoms with Crippen LogP contribution in [0, 0.1) is 12.7 Å². The van der Waals surface area contributed by atoms with Crippen molar-refractivity contribution in [3.63, 3.8) is 0 Å². The highest BCUT2D eigenvalue weighted by Crippen LogP contribution is 2.30. The lowest BCUT2D eigenvalue weighted by molar-refractivity contribution is -0.145. The van der Waals surface area contributed by atoms with Crippen LogP contribution in [-0.2, 0) is 14.8 Å². The lowest BCUT2D eigenvalue weighted by Crippen LogP contribution is -2.55. The highest BCUT2D eigenvalue weighted by Gasteiger charge is 2.43. The second-order valence-electron chi connectivity index (χ2n) is 5.46. The zero-order valence-corrected chi connectivity index (χ0v) is 12.5. The van der Waals surface area contributed by atoms with E-state index in [0.29, 0.717) is 18.4 Å². The number of sulfonamides is 1. The fourth-order valence-electron chi connectivity index (χ4n) is 2.57. The van der Waals surface area contributed by atoms with Crippen LogP contribution in [0.25, 0.3) is 0 Å². The molecule has 1 saturated carbocycles. The maximum Gasteiger partial charge on any atom is 0.324 e. The number of benzene rings is 1. The van der Waals surface area contributed by atoms with Gasteiger partial charge in [-0.3, -0.25) is 4.79 Å². The van der Waals surface area contributed by atoms with Gasteiger partial charge in [0.25, 0.3) is 0 Å². The molecule has 0 saturated heterocycles. The van der Waals surface area contributed by atoms with E-state index in [4.69, 9.17) is 0 Å². The Labute approximate surface area is 123 Å². The van der Waals surface area contributed by atoms with Crippen LogP contribution in [0.5, 0.6) is 0 Å². The number of carboxylic acid groups (broad SMARTS) is 1. The number of nitrogens with one attached hydrogen (secondary N) is 1. The topological polar surface area (TPSA) is 83.5 Å². The van der Waals surface area contributed by atoms with Crippen molar-refractivity contribution in [3.05, 3.63) is 29.6 Å². The molecule has 1 aromatic rings. The smallest absolute Gasteiger partial charge is 0.324 e. The van der Waals surface area contributed by atoms with E-state index >= 15 is 0 Å². The fraction of sp³-hybridized carbons (Fsp3) is 0.500. The van der Waals surface area contributed by atoms with Gasteiger partial charge < -0.3 is 5.11 Å². The molecule has 116 valence electrons. The minimum Gasteiger partial charge on any atom is -0.480 e. The molecule has 1 aliphatic carbocycles.